The van der Waals surface area contributed by atoms with E-state index in [2.05, 4.69) is 38.1 Å². The molecule has 0 amide bonds. The van der Waals surface area contributed by atoms with E-state index >= 15 is 0 Å². The highest BCUT2D eigenvalue weighted by Gasteiger charge is 2.22. The van der Waals surface area contributed by atoms with Crippen molar-refractivity contribution in [1.29, 1.82) is 0 Å². The summed E-state index contributed by atoms with van der Waals surface area (Å²) in [6, 6.07) is 8.62. The summed E-state index contributed by atoms with van der Waals surface area (Å²) in [5, 5.41) is 0. The van der Waals surface area contributed by atoms with Crippen LogP contribution in [0.1, 0.15) is 31.1 Å². The highest BCUT2D eigenvalue weighted by atomic mass is 16.5. The first-order valence-corrected chi connectivity index (χ1v) is 4.98. The lowest BCUT2D eigenvalue weighted by Crippen LogP contribution is -2.20. The Hall–Kier alpha value is -0.820. The Balaban J connectivity index is 2.37. The average Bonchev–Trinajstić information content (AvgIpc) is 2.17. The van der Waals surface area contributed by atoms with Crippen molar-refractivity contribution in [1.82, 2.24) is 0 Å². The first kappa shape index (κ1) is 8.76. The lowest BCUT2D eigenvalue weighted by atomic mass is 9.91. The molecule has 1 aliphatic heterocycles. The first-order chi connectivity index (χ1) is 6.29. The Morgan fingerprint density at radius 3 is 2.85 bits per heavy atom. The molecule has 13 heavy (non-hydrogen) atoms. The van der Waals surface area contributed by atoms with Crippen molar-refractivity contribution < 1.29 is 4.74 Å². The fourth-order valence-electron chi connectivity index (χ4n) is 1.98. The maximum absolute atomic E-state index is 5.77. The van der Waals surface area contributed by atoms with Gasteiger partial charge in [-0.15, -0.1) is 0 Å². The SMILES string of the molecule is CC(C)[C@@H]1OCCc2ccccc21. The summed E-state index contributed by atoms with van der Waals surface area (Å²) < 4.78 is 5.77. The molecule has 1 atom stereocenters. The molecule has 1 nitrogen and oxygen atoms in total. The minimum absolute atomic E-state index is 0.310. The van der Waals surface area contributed by atoms with E-state index in [0.717, 1.165) is 13.0 Å². The van der Waals surface area contributed by atoms with E-state index in [9.17, 15) is 0 Å². The quantitative estimate of drug-likeness (QED) is 0.639. The van der Waals surface area contributed by atoms with Crippen LogP contribution in [0.25, 0.3) is 0 Å². The third kappa shape index (κ3) is 1.61. The third-order valence-electron chi connectivity index (χ3n) is 2.64. The highest BCUT2D eigenvalue weighted by molar-refractivity contribution is 5.31. The van der Waals surface area contributed by atoms with Gasteiger partial charge in [-0.1, -0.05) is 38.1 Å². The van der Waals surface area contributed by atoms with Crippen LogP contribution < -0.4 is 0 Å². The molecule has 0 N–H and O–H groups in total. The highest BCUT2D eigenvalue weighted by Crippen LogP contribution is 2.32. The molecule has 1 heteroatoms. The molecule has 2 rings (SSSR count). The van der Waals surface area contributed by atoms with E-state index in [1.54, 1.807) is 0 Å². The summed E-state index contributed by atoms with van der Waals surface area (Å²) in [4.78, 5) is 0. The number of rotatable bonds is 1. The van der Waals surface area contributed by atoms with Crippen molar-refractivity contribution in [2.24, 2.45) is 5.92 Å². The van der Waals surface area contributed by atoms with Crippen LogP contribution in [0.2, 0.25) is 0 Å². The average molecular weight is 176 g/mol. The van der Waals surface area contributed by atoms with Gasteiger partial charge in [-0.3, -0.25) is 0 Å². The molecule has 1 aliphatic rings. The molecular weight excluding hydrogens is 160 g/mol. The zero-order valence-corrected chi connectivity index (χ0v) is 8.29. The van der Waals surface area contributed by atoms with Crippen LogP contribution in [0, 0.1) is 5.92 Å². The lowest BCUT2D eigenvalue weighted by Gasteiger charge is -2.28. The van der Waals surface area contributed by atoms with E-state index in [1.807, 2.05) is 0 Å². The summed E-state index contributed by atoms with van der Waals surface area (Å²) in [6.07, 6.45) is 1.38. The molecule has 0 unspecified atom stereocenters. The normalized spacial score (nSPS) is 21.6. The topological polar surface area (TPSA) is 9.23 Å². The van der Waals surface area contributed by atoms with Crippen molar-refractivity contribution >= 4 is 0 Å². The summed E-state index contributed by atoms with van der Waals surface area (Å²) in [5.74, 6) is 0.571. The van der Waals surface area contributed by atoms with Gasteiger partial charge in [0.1, 0.15) is 0 Å². The van der Waals surface area contributed by atoms with Crippen LogP contribution in [-0.4, -0.2) is 6.61 Å². The maximum atomic E-state index is 5.77. The van der Waals surface area contributed by atoms with Crippen LogP contribution in [0.3, 0.4) is 0 Å². The zero-order chi connectivity index (χ0) is 9.26. The van der Waals surface area contributed by atoms with Gasteiger partial charge in [0.05, 0.1) is 12.7 Å². The van der Waals surface area contributed by atoms with E-state index in [4.69, 9.17) is 4.74 Å². The number of hydrogen-bond donors (Lipinski definition) is 0. The smallest absolute Gasteiger partial charge is 0.0850 e. The summed E-state index contributed by atoms with van der Waals surface area (Å²) in [5.41, 5.74) is 2.86. The molecule has 0 spiro atoms. The van der Waals surface area contributed by atoms with Gasteiger partial charge < -0.3 is 4.74 Å². The molecular formula is C12H16O. The predicted molar refractivity (Wildman–Crippen MR) is 53.7 cm³/mol. The van der Waals surface area contributed by atoms with Gasteiger partial charge in [0.15, 0.2) is 0 Å². The van der Waals surface area contributed by atoms with Crippen LogP contribution >= 0.6 is 0 Å². The molecule has 0 radical (unpaired) electrons. The van der Waals surface area contributed by atoms with Crippen molar-refractivity contribution in [2.75, 3.05) is 6.61 Å². The van der Waals surface area contributed by atoms with Crippen molar-refractivity contribution in [3.05, 3.63) is 35.4 Å². The number of benzene rings is 1. The Morgan fingerprint density at radius 2 is 2.08 bits per heavy atom. The molecule has 70 valence electrons. The van der Waals surface area contributed by atoms with E-state index < -0.39 is 0 Å². The second kappa shape index (κ2) is 3.51. The van der Waals surface area contributed by atoms with Crippen LogP contribution in [-0.2, 0) is 11.2 Å². The van der Waals surface area contributed by atoms with E-state index in [0.29, 0.717) is 12.0 Å². The molecule has 0 bridgehead atoms. The molecule has 0 aromatic heterocycles. The number of ether oxygens (including phenoxy) is 1. The van der Waals surface area contributed by atoms with Gasteiger partial charge >= 0.3 is 0 Å². The van der Waals surface area contributed by atoms with Crippen molar-refractivity contribution in [2.45, 2.75) is 26.4 Å². The standard InChI is InChI=1S/C12H16O/c1-9(2)12-11-6-4-3-5-10(11)7-8-13-12/h3-6,9,12H,7-8H2,1-2H3/t12-/m0/s1. The van der Waals surface area contributed by atoms with Gasteiger partial charge in [-0.2, -0.15) is 0 Å². The molecule has 0 saturated carbocycles. The second-order valence-corrected chi connectivity index (χ2v) is 3.98. The van der Waals surface area contributed by atoms with E-state index in [-0.39, 0.29) is 0 Å². The molecule has 0 saturated heterocycles. The van der Waals surface area contributed by atoms with Gasteiger partial charge in [0.2, 0.25) is 0 Å². The summed E-state index contributed by atoms with van der Waals surface area (Å²) >= 11 is 0. The first-order valence-electron chi connectivity index (χ1n) is 4.98. The van der Waals surface area contributed by atoms with Gasteiger partial charge in [0.25, 0.3) is 0 Å². The lowest BCUT2D eigenvalue weighted by molar-refractivity contribution is 0.0114. The minimum Gasteiger partial charge on any atom is -0.373 e. The van der Waals surface area contributed by atoms with Gasteiger partial charge in [-0.05, 0) is 23.5 Å². The Bertz CT molecular complexity index is 291. The molecule has 0 fully saturated rings. The van der Waals surface area contributed by atoms with Crippen LogP contribution in [0.4, 0.5) is 0 Å². The second-order valence-electron chi connectivity index (χ2n) is 3.98. The van der Waals surface area contributed by atoms with Gasteiger partial charge in [0, 0.05) is 0 Å². The number of fused-ring (bicyclic) bond motifs is 1. The number of hydrogen-bond acceptors (Lipinski definition) is 1. The third-order valence-corrected chi connectivity index (χ3v) is 2.64. The summed E-state index contributed by atoms with van der Waals surface area (Å²) in [7, 11) is 0. The largest absolute Gasteiger partial charge is 0.373 e. The molecule has 1 aromatic carbocycles. The van der Waals surface area contributed by atoms with E-state index in [1.165, 1.54) is 11.1 Å². The molecule has 1 heterocycles. The van der Waals surface area contributed by atoms with Crippen LogP contribution in [0.15, 0.2) is 24.3 Å². The Morgan fingerprint density at radius 1 is 1.31 bits per heavy atom. The van der Waals surface area contributed by atoms with Crippen molar-refractivity contribution in [3.8, 4) is 0 Å². The molecule has 0 aliphatic carbocycles. The van der Waals surface area contributed by atoms with Gasteiger partial charge in [-0.25, -0.2) is 0 Å². The van der Waals surface area contributed by atoms with Crippen LogP contribution in [0.5, 0.6) is 0 Å². The Labute approximate surface area is 79.7 Å². The minimum atomic E-state index is 0.310. The fourth-order valence-corrected chi connectivity index (χ4v) is 1.98. The Kier molecular flexibility index (Phi) is 2.36. The zero-order valence-electron chi connectivity index (χ0n) is 8.29. The monoisotopic (exact) mass is 176 g/mol. The summed E-state index contributed by atoms with van der Waals surface area (Å²) in [6.45, 7) is 5.30. The fraction of sp³-hybridized carbons (Fsp3) is 0.500. The predicted octanol–water partition coefficient (Wildman–Crippen LogP) is 2.96. The maximum Gasteiger partial charge on any atom is 0.0850 e. The molecule has 1 aromatic rings. The van der Waals surface area contributed by atoms with Crippen molar-refractivity contribution in [3.63, 3.8) is 0 Å².